The van der Waals surface area contributed by atoms with E-state index in [1.165, 1.54) is 31.2 Å². The molecule has 0 amide bonds. The number of hydrogen-bond acceptors (Lipinski definition) is 3. The van der Waals surface area contributed by atoms with E-state index in [0.717, 1.165) is 18.8 Å². The van der Waals surface area contributed by atoms with Crippen molar-refractivity contribution in [3.63, 3.8) is 0 Å². The van der Waals surface area contributed by atoms with E-state index < -0.39 is 0 Å². The van der Waals surface area contributed by atoms with Gasteiger partial charge in [0.05, 0.1) is 12.2 Å². The van der Waals surface area contributed by atoms with Gasteiger partial charge in [0, 0.05) is 36.6 Å². The van der Waals surface area contributed by atoms with Gasteiger partial charge in [-0.3, -0.25) is 9.36 Å². The molecule has 0 bridgehead atoms. The maximum absolute atomic E-state index is 4.56. The molecule has 0 aromatic carbocycles. The van der Waals surface area contributed by atoms with E-state index >= 15 is 0 Å². The van der Waals surface area contributed by atoms with Crippen LogP contribution in [0.15, 0.2) is 24.7 Å². The topological polar surface area (TPSA) is 47.7 Å². The molecule has 1 N–H and O–H groups in total. The molecule has 114 valence electrons. The molecule has 3 rings (SSSR count). The lowest BCUT2D eigenvalue weighted by atomic mass is 10.2. The molecule has 1 fully saturated rings. The minimum Gasteiger partial charge on any atom is -0.364 e. The van der Waals surface area contributed by atoms with Crippen molar-refractivity contribution < 1.29 is 0 Å². The van der Waals surface area contributed by atoms with Gasteiger partial charge in [-0.25, -0.2) is 0 Å². The van der Waals surface area contributed by atoms with E-state index in [1.54, 1.807) is 0 Å². The van der Waals surface area contributed by atoms with E-state index in [9.17, 15) is 0 Å². The van der Waals surface area contributed by atoms with Crippen LogP contribution < -0.4 is 5.32 Å². The molecule has 5 nitrogen and oxygen atoms in total. The fourth-order valence-electron chi connectivity index (χ4n) is 2.89. The Morgan fingerprint density at radius 2 is 2.19 bits per heavy atom. The van der Waals surface area contributed by atoms with Crippen LogP contribution in [0.25, 0.3) is 0 Å². The van der Waals surface area contributed by atoms with Gasteiger partial charge in [0.2, 0.25) is 0 Å². The van der Waals surface area contributed by atoms with Crippen LogP contribution in [0.1, 0.15) is 63.6 Å². The van der Waals surface area contributed by atoms with Gasteiger partial charge in [-0.15, -0.1) is 0 Å². The Labute approximate surface area is 126 Å². The summed E-state index contributed by atoms with van der Waals surface area (Å²) in [5, 5.41) is 12.4. The van der Waals surface area contributed by atoms with Crippen molar-refractivity contribution in [2.75, 3.05) is 5.32 Å². The summed E-state index contributed by atoms with van der Waals surface area (Å²) >= 11 is 0. The second-order valence-electron chi connectivity index (χ2n) is 6.06. The van der Waals surface area contributed by atoms with Gasteiger partial charge in [-0.2, -0.15) is 10.2 Å². The number of nitrogens with one attached hydrogen (secondary N) is 1. The zero-order valence-electron chi connectivity index (χ0n) is 13.0. The third-order valence-corrected chi connectivity index (χ3v) is 4.48. The minimum absolute atomic E-state index is 0.450. The van der Waals surface area contributed by atoms with Crippen LogP contribution in [0.5, 0.6) is 0 Å². The van der Waals surface area contributed by atoms with Crippen molar-refractivity contribution >= 4 is 5.82 Å². The van der Waals surface area contributed by atoms with Crippen LogP contribution in [0.4, 0.5) is 5.82 Å². The molecule has 1 aliphatic rings. The first kappa shape index (κ1) is 14.2. The molecule has 1 saturated carbocycles. The summed E-state index contributed by atoms with van der Waals surface area (Å²) in [6.07, 6.45) is 12.5. The van der Waals surface area contributed by atoms with E-state index in [0.29, 0.717) is 12.1 Å². The van der Waals surface area contributed by atoms with Gasteiger partial charge in [-0.1, -0.05) is 19.8 Å². The predicted octanol–water partition coefficient (Wildman–Crippen LogP) is 3.78. The summed E-state index contributed by atoms with van der Waals surface area (Å²) in [6, 6.07) is 3.10. The summed E-state index contributed by atoms with van der Waals surface area (Å²) in [5.74, 6) is 0.934. The Bertz CT molecular complexity index is 565. The minimum atomic E-state index is 0.450. The van der Waals surface area contributed by atoms with Crippen molar-refractivity contribution in [1.29, 1.82) is 0 Å². The summed E-state index contributed by atoms with van der Waals surface area (Å²) in [7, 11) is 0. The van der Waals surface area contributed by atoms with Crippen LogP contribution in [0.2, 0.25) is 0 Å². The standard InChI is InChI=1S/C16H25N5/c1-3-13(2)20-9-8-16(19-20)17-10-14-11-18-21(12-14)15-6-4-5-7-15/h8-9,11-13,15H,3-7,10H2,1-2H3,(H,17,19). The van der Waals surface area contributed by atoms with Gasteiger partial charge < -0.3 is 5.32 Å². The lowest BCUT2D eigenvalue weighted by Crippen LogP contribution is -2.06. The SMILES string of the molecule is CCC(C)n1ccc(NCc2cnn(C3CCCC3)c2)n1. The zero-order valence-corrected chi connectivity index (χ0v) is 13.0. The summed E-state index contributed by atoms with van der Waals surface area (Å²) in [6.45, 7) is 5.14. The van der Waals surface area contributed by atoms with E-state index in [4.69, 9.17) is 0 Å². The molecule has 0 saturated heterocycles. The van der Waals surface area contributed by atoms with Crippen LogP contribution >= 0.6 is 0 Å². The van der Waals surface area contributed by atoms with Crippen LogP contribution in [-0.2, 0) is 6.54 Å². The molecule has 2 aromatic heterocycles. The summed E-state index contributed by atoms with van der Waals surface area (Å²) in [4.78, 5) is 0. The quantitative estimate of drug-likeness (QED) is 0.879. The molecule has 1 unspecified atom stereocenters. The zero-order chi connectivity index (χ0) is 14.7. The molecule has 0 aliphatic heterocycles. The average molecular weight is 287 g/mol. The Hall–Kier alpha value is -1.78. The third kappa shape index (κ3) is 3.28. The molecule has 0 spiro atoms. The normalized spacial score (nSPS) is 17.2. The molecule has 21 heavy (non-hydrogen) atoms. The van der Waals surface area contributed by atoms with Crippen LogP contribution in [0.3, 0.4) is 0 Å². The Morgan fingerprint density at radius 3 is 2.95 bits per heavy atom. The molecule has 5 heteroatoms. The number of aromatic nitrogens is 4. The first-order valence-corrected chi connectivity index (χ1v) is 8.08. The maximum Gasteiger partial charge on any atom is 0.148 e. The first-order valence-electron chi connectivity index (χ1n) is 8.08. The second-order valence-corrected chi connectivity index (χ2v) is 6.06. The first-order chi connectivity index (χ1) is 10.3. The average Bonchev–Trinajstić information content (AvgIpc) is 3.23. The molecule has 1 atom stereocenters. The summed E-state index contributed by atoms with van der Waals surface area (Å²) in [5.41, 5.74) is 1.22. The summed E-state index contributed by atoms with van der Waals surface area (Å²) < 4.78 is 4.16. The molecule has 2 heterocycles. The van der Waals surface area contributed by atoms with E-state index in [-0.39, 0.29) is 0 Å². The van der Waals surface area contributed by atoms with Gasteiger partial charge in [0.1, 0.15) is 5.82 Å². The van der Waals surface area contributed by atoms with E-state index in [2.05, 4.69) is 40.2 Å². The van der Waals surface area contributed by atoms with Gasteiger partial charge in [0.25, 0.3) is 0 Å². The number of rotatable bonds is 6. The van der Waals surface area contributed by atoms with Gasteiger partial charge in [-0.05, 0) is 26.2 Å². The smallest absolute Gasteiger partial charge is 0.148 e. The maximum atomic E-state index is 4.56. The fourth-order valence-corrected chi connectivity index (χ4v) is 2.89. The molecular formula is C16H25N5. The van der Waals surface area contributed by atoms with Crippen molar-refractivity contribution in [1.82, 2.24) is 19.6 Å². The highest BCUT2D eigenvalue weighted by molar-refractivity contribution is 5.33. The highest BCUT2D eigenvalue weighted by Crippen LogP contribution is 2.28. The van der Waals surface area contributed by atoms with Crippen molar-refractivity contribution in [2.24, 2.45) is 0 Å². The Balaban J connectivity index is 1.56. The van der Waals surface area contributed by atoms with Crippen molar-refractivity contribution in [3.8, 4) is 0 Å². The fraction of sp³-hybridized carbons (Fsp3) is 0.625. The molecule has 1 aliphatic carbocycles. The monoisotopic (exact) mass is 287 g/mol. The highest BCUT2D eigenvalue weighted by atomic mass is 15.3. The molecular weight excluding hydrogens is 262 g/mol. The second kappa shape index (κ2) is 6.33. The van der Waals surface area contributed by atoms with Gasteiger partial charge in [0.15, 0.2) is 0 Å². The van der Waals surface area contributed by atoms with Gasteiger partial charge >= 0.3 is 0 Å². The largest absolute Gasteiger partial charge is 0.364 e. The number of hydrogen-bond donors (Lipinski definition) is 1. The Kier molecular flexibility index (Phi) is 4.27. The highest BCUT2D eigenvalue weighted by Gasteiger charge is 2.17. The number of anilines is 1. The van der Waals surface area contributed by atoms with Crippen molar-refractivity contribution in [3.05, 3.63) is 30.2 Å². The van der Waals surface area contributed by atoms with Crippen molar-refractivity contribution in [2.45, 2.75) is 64.6 Å². The lowest BCUT2D eigenvalue weighted by molar-refractivity contribution is 0.466. The van der Waals surface area contributed by atoms with Crippen LogP contribution in [0, 0.1) is 0 Å². The van der Waals surface area contributed by atoms with Crippen LogP contribution in [-0.4, -0.2) is 19.6 Å². The predicted molar refractivity (Wildman–Crippen MR) is 84.3 cm³/mol. The molecule has 2 aromatic rings. The van der Waals surface area contributed by atoms with E-state index in [1.807, 2.05) is 23.1 Å². The third-order valence-electron chi connectivity index (χ3n) is 4.48. The number of nitrogens with zero attached hydrogens (tertiary/aromatic N) is 4. The molecule has 0 radical (unpaired) electrons. The lowest BCUT2D eigenvalue weighted by Gasteiger charge is -2.09. The Morgan fingerprint density at radius 1 is 1.38 bits per heavy atom.